The lowest BCUT2D eigenvalue weighted by atomic mass is 9.39. The molecule has 0 saturated heterocycles. The van der Waals surface area contributed by atoms with Crippen LogP contribution in [-0.2, 0) is 21.0 Å². The number of hydrogen-bond acceptors (Lipinski definition) is 1. The summed E-state index contributed by atoms with van der Waals surface area (Å²) in [5.74, 6) is 13.0. The lowest BCUT2D eigenvalue weighted by molar-refractivity contribution is 0.0333. The summed E-state index contributed by atoms with van der Waals surface area (Å²) in [4.78, 5) is 1.74. The first-order valence-electron chi connectivity index (χ1n) is 30.8. The minimum Gasteiger partial charge on any atom is -0.112 e. The van der Waals surface area contributed by atoms with Crippen molar-refractivity contribution in [3.8, 4) is 11.1 Å². The summed E-state index contributed by atoms with van der Waals surface area (Å²) in [6.07, 6.45) is 0. The average Bonchev–Trinajstić information content (AvgIpc) is 3.58. The summed E-state index contributed by atoms with van der Waals surface area (Å²) in [5.41, 5.74) is 50.0. The van der Waals surface area contributed by atoms with Crippen LogP contribution in [0.5, 0.6) is 0 Å². The molecule has 75 heavy (non-hydrogen) atoms. The summed E-state index contributed by atoms with van der Waals surface area (Å²) < 4.78 is 0.0133. The maximum absolute atomic E-state index is 2.82. The first-order valence-corrected chi connectivity index (χ1v) is 31.6. The molecule has 23 aliphatic rings. The van der Waals surface area contributed by atoms with Gasteiger partial charge in [-0.3, -0.25) is 0 Å². The molecule has 342 valence electrons. The van der Waals surface area contributed by atoms with E-state index in [1.54, 1.807) is 16.0 Å². The smallest absolute Gasteiger partial charge is 0.0645 e. The Kier molecular flexibility index (Phi) is 3.08. The van der Waals surface area contributed by atoms with Gasteiger partial charge in [-0.05, 0) is 361 Å². The third-order valence-corrected chi connectivity index (χ3v) is 33.6. The molecular weight excluding hydrogens is 921 g/mol. The SMILES string of the molecule is CC(C)(C)c1ccc2c(c1C(C)(C)C)C13c4c5c6c7c8c9c%10c%11c%12c%13c%14c%15c(c%16c%13c%10c7c4-%16)C1(S2)C1C%15C2c4c7c%10c%13c%15c%16c%17c%18c%19c%20c%21c%22c%23c(c4c4c%22c%19c%16c%104)C2C%14C%12C%23C%21C%11C9C%20C%18C8C6C%17C%15C5C3C%13C71. The lowest BCUT2D eigenvalue weighted by Crippen LogP contribution is -2.62. The van der Waals surface area contributed by atoms with Crippen LogP contribution in [0.25, 0.3) is 97.3 Å². The van der Waals surface area contributed by atoms with Crippen LogP contribution in [0, 0.1) is 11.8 Å². The monoisotopic (exact) mass is 960 g/mol. The Morgan fingerprint density at radius 2 is 0.600 bits per heavy atom. The molecule has 0 N–H and O–H groups in total. The Morgan fingerprint density at radius 3 is 1.01 bits per heavy atom. The minimum atomic E-state index is -0.0373. The highest BCUT2D eigenvalue weighted by atomic mass is 32.2. The molecule has 22 aliphatic carbocycles. The molecule has 1 fully saturated rings. The Hall–Kier alpha value is -5.37. The van der Waals surface area contributed by atoms with Crippen LogP contribution < -0.4 is 0 Å². The maximum Gasteiger partial charge on any atom is 0.0645 e. The van der Waals surface area contributed by atoms with Crippen molar-refractivity contribution in [2.75, 3.05) is 0 Å². The number of hydrogen-bond donors (Lipinski definition) is 0. The lowest BCUT2D eigenvalue weighted by Gasteiger charge is -2.65. The average molecular weight is 961 g/mol. The van der Waals surface area contributed by atoms with Gasteiger partial charge >= 0.3 is 0 Å². The standard InChI is InChI=1S/C74H40S/c1-71(2,3)9-7-8-10-66(65(9)72(4,5)6)73-67-57-49-39-29-21-13-11-12-15-19-17(13)25-33-27(19)37-31-23(15)24-16(12)20-18-14(11)22(21)30-36-26(18)34-28(20)38-32(24)42-41(31)53-47(37)55-45(33)51(43(49)35(25)29)59(67)61(55)69-63(53)64-54(42)48(38)56-46(34)52-44(36)50(40(30)39)58(57)68(73)60(52)62(56)70(64)74(69,73)75-10/h7-8,13,15,17,19,21,23,29,31,39-42,50,54,58,60,62,64,68,70H,1-6H3. The highest BCUT2D eigenvalue weighted by Crippen LogP contribution is 3.01. The van der Waals surface area contributed by atoms with Gasteiger partial charge in [0.15, 0.2) is 0 Å². The number of thioether (sulfide) groups is 1. The topological polar surface area (TPSA) is 0 Å². The second-order valence-corrected chi connectivity index (χ2v) is 34.8. The van der Waals surface area contributed by atoms with Crippen LogP contribution in [0.2, 0.25) is 0 Å². The molecule has 1 aliphatic heterocycles. The van der Waals surface area contributed by atoms with Crippen molar-refractivity contribution in [2.24, 2.45) is 11.8 Å². The van der Waals surface area contributed by atoms with Crippen LogP contribution in [0.3, 0.4) is 0 Å². The molecule has 0 nitrogen and oxygen atoms in total. The largest absolute Gasteiger partial charge is 0.112 e. The molecule has 1 saturated carbocycles. The summed E-state index contributed by atoms with van der Waals surface area (Å²) in [6, 6.07) is 5.54. The predicted octanol–water partition coefficient (Wildman–Crippen LogP) is 17.1. The van der Waals surface area contributed by atoms with E-state index in [4.69, 9.17) is 0 Å². The molecule has 34 rings (SSSR count). The fraction of sp³-hybridized carbons (Fsp3) is 0.405. The number of fused-ring (bicyclic) bond motifs is 1. The number of rotatable bonds is 0. The molecule has 11 aromatic rings. The van der Waals surface area contributed by atoms with E-state index in [0.717, 1.165) is 0 Å². The van der Waals surface area contributed by atoms with Gasteiger partial charge in [-0.15, -0.1) is 11.8 Å². The Balaban J connectivity index is 0.994. The third kappa shape index (κ3) is 1.83. The van der Waals surface area contributed by atoms with E-state index in [0.29, 0.717) is 118 Å². The molecule has 1 heteroatoms. The predicted molar refractivity (Wildman–Crippen MR) is 294 cm³/mol. The molecule has 1 heterocycles. The first kappa shape index (κ1) is 31.8. The van der Waals surface area contributed by atoms with Gasteiger partial charge in [-0.2, -0.15) is 0 Å². The zero-order valence-electron chi connectivity index (χ0n) is 42.1. The van der Waals surface area contributed by atoms with Crippen molar-refractivity contribution in [1.29, 1.82) is 0 Å². The van der Waals surface area contributed by atoms with Crippen LogP contribution in [0.15, 0.2) is 17.0 Å². The Labute approximate surface area is 432 Å². The quantitative estimate of drug-likeness (QED) is 0.137. The van der Waals surface area contributed by atoms with Gasteiger partial charge in [0, 0.05) is 10.3 Å². The molecule has 22 unspecified atom stereocenters. The second kappa shape index (κ2) is 7.28. The van der Waals surface area contributed by atoms with Crippen LogP contribution in [-0.4, -0.2) is 0 Å². The third-order valence-electron chi connectivity index (χ3n) is 31.9. The molecule has 2 spiro atoms. The van der Waals surface area contributed by atoms with E-state index in [2.05, 4.69) is 76.6 Å². The first-order chi connectivity index (χ1) is 36.7. The van der Waals surface area contributed by atoms with Gasteiger partial charge in [0.2, 0.25) is 0 Å². The molecule has 11 aromatic carbocycles. The van der Waals surface area contributed by atoms with Crippen LogP contribution >= 0.6 is 11.8 Å². The van der Waals surface area contributed by atoms with E-state index in [-0.39, 0.29) is 21.0 Å². The summed E-state index contributed by atoms with van der Waals surface area (Å²) >= 11 is 2.61. The Morgan fingerprint density at radius 1 is 0.293 bits per heavy atom. The van der Waals surface area contributed by atoms with Crippen LogP contribution in [0.1, 0.15) is 276 Å². The van der Waals surface area contributed by atoms with Gasteiger partial charge in [0.25, 0.3) is 0 Å². The highest BCUT2D eigenvalue weighted by molar-refractivity contribution is 8.00. The van der Waals surface area contributed by atoms with Crippen LogP contribution in [0.4, 0.5) is 0 Å². The van der Waals surface area contributed by atoms with E-state index in [1.807, 2.05) is 203 Å². The summed E-state index contributed by atoms with van der Waals surface area (Å²) in [6.45, 7) is 15.8. The molecule has 0 aromatic heterocycles. The van der Waals surface area contributed by atoms with Crippen molar-refractivity contribution in [2.45, 2.75) is 174 Å². The highest BCUT2D eigenvalue weighted by Gasteiger charge is 2.90. The second-order valence-electron chi connectivity index (χ2n) is 33.5. The number of benzene rings is 10. The van der Waals surface area contributed by atoms with Crippen molar-refractivity contribution in [1.82, 2.24) is 0 Å². The fourth-order valence-electron chi connectivity index (χ4n) is 33.3. The summed E-state index contributed by atoms with van der Waals surface area (Å²) in [5, 5.41) is 30.8. The van der Waals surface area contributed by atoms with Gasteiger partial charge in [-0.25, -0.2) is 0 Å². The van der Waals surface area contributed by atoms with Crippen molar-refractivity contribution >= 4 is 97.9 Å². The molecule has 0 bridgehead atoms. The van der Waals surface area contributed by atoms with Gasteiger partial charge in [0.1, 0.15) is 0 Å². The minimum absolute atomic E-state index is 0.0133. The van der Waals surface area contributed by atoms with E-state index >= 15 is 0 Å². The zero-order valence-corrected chi connectivity index (χ0v) is 42.9. The Bertz CT molecular complexity index is 5700. The van der Waals surface area contributed by atoms with E-state index < -0.39 is 0 Å². The van der Waals surface area contributed by atoms with Crippen molar-refractivity contribution in [3.63, 3.8) is 0 Å². The van der Waals surface area contributed by atoms with E-state index in [9.17, 15) is 0 Å². The van der Waals surface area contributed by atoms with E-state index in [1.165, 1.54) is 0 Å². The fourth-order valence-corrected chi connectivity index (χ4v) is 35.4. The van der Waals surface area contributed by atoms with Gasteiger partial charge in [-0.1, -0.05) is 47.6 Å². The molecule has 0 radical (unpaired) electrons. The zero-order chi connectivity index (χ0) is 45.9. The van der Waals surface area contributed by atoms with Crippen molar-refractivity contribution in [3.05, 3.63) is 140 Å². The maximum atomic E-state index is 2.82. The van der Waals surface area contributed by atoms with Gasteiger partial charge < -0.3 is 0 Å². The van der Waals surface area contributed by atoms with Gasteiger partial charge in [0.05, 0.1) is 4.75 Å². The summed E-state index contributed by atoms with van der Waals surface area (Å²) in [7, 11) is 0. The van der Waals surface area contributed by atoms with Crippen molar-refractivity contribution < 1.29 is 0 Å². The molecule has 0 amide bonds. The molecular formula is C74H40S. The molecule has 22 atom stereocenters. The normalized spacial score (nSPS) is 46.1.